The fourth-order valence-electron chi connectivity index (χ4n) is 5.51. The predicted molar refractivity (Wildman–Crippen MR) is 124 cm³/mol. The highest BCUT2D eigenvalue weighted by atomic mass is 19.3. The highest BCUT2D eigenvalue weighted by Gasteiger charge is 2.71. The van der Waals surface area contributed by atoms with Gasteiger partial charge < -0.3 is 4.74 Å². The summed E-state index contributed by atoms with van der Waals surface area (Å²) >= 11 is 0. The standard InChI is InChI=1S/C26H26F2N4O3/c1-14-5-4-6-20(21(14)11-29)17-7-8-18(31-12-17)9-10-19-15(2)26(27,28)13-25(23(33)32-30)22(19)16(3)35-24(25)34/h4-10,12,15-16,19,22H,13,30H2,1-3H3,(H,32,33)/t15-,16+,19-,22-,25+/m0/s1. The summed E-state index contributed by atoms with van der Waals surface area (Å²) in [5, 5.41) is 9.49. The molecule has 2 aromatic rings. The van der Waals surface area contributed by atoms with Crippen molar-refractivity contribution in [1.82, 2.24) is 10.4 Å². The number of hydrazine groups is 1. The van der Waals surface area contributed by atoms with Crippen molar-refractivity contribution in [2.24, 2.45) is 29.0 Å². The molecule has 4 rings (SSSR count). The topological polar surface area (TPSA) is 118 Å². The van der Waals surface area contributed by atoms with Gasteiger partial charge in [0.2, 0.25) is 0 Å². The number of esters is 1. The molecule has 0 unspecified atom stereocenters. The van der Waals surface area contributed by atoms with E-state index in [2.05, 4.69) is 11.1 Å². The first-order chi connectivity index (χ1) is 16.6. The Morgan fingerprint density at radius 2 is 2.06 bits per heavy atom. The number of alkyl halides is 2. The lowest BCUT2D eigenvalue weighted by Crippen LogP contribution is -2.60. The van der Waals surface area contributed by atoms with Crippen LogP contribution in [0.15, 0.2) is 42.6 Å². The van der Waals surface area contributed by atoms with E-state index in [1.165, 1.54) is 6.92 Å². The molecule has 3 N–H and O–H groups in total. The van der Waals surface area contributed by atoms with E-state index in [9.17, 15) is 14.9 Å². The van der Waals surface area contributed by atoms with Gasteiger partial charge in [0.05, 0.1) is 11.3 Å². The molecule has 0 spiro atoms. The maximum Gasteiger partial charge on any atom is 0.322 e. The van der Waals surface area contributed by atoms with Gasteiger partial charge in [-0.3, -0.25) is 20.0 Å². The second-order valence-corrected chi connectivity index (χ2v) is 9.32. The molecule has 1 saturated carbocycles. The summed E-state index contributed by atoms with van der Waals surface area (Å²) in [6, 6.07) is 11.3. The summed E-state index contributed by atoms with van der Waals surface area (Å²) in [6.45, 7) is 4.87. The zero-order valence-electron chi connectivity index (χ0n) is 19.6. The molecule has 2 fully saturated rings. The highest BCUT2D eigenvalue weighted by molar-refractivity contribution is 6.04. The molecule has 1 aliphatic heterocycles. The second kappa shape index (κ2) is 8.86. The summed E-state index contributed by atoms with van der Waals surface area (Å²) in [5.74, 6) is -2.75. The Morgan fingerprint density at radius 3 is 2.69 bits per heavy atom. The number of nitrogens with one attached hydrogen (secondary N) is 1. The number of halogens is 2. The van der Waals surface area contributed by atoms with E-state index in [1.54, 1.807) is 37.4 Å². The van der Waals surface area contributed by atoms with Crippen LogP contribution in [-0.2, 0) is 14.3 Å². The van der Waals surface area contributed by atoms with Gasteiger partial charge >= 0.3 is 5.97 Å². The van der Waals surface area contributed by atoms with Crippen LogP contribution >= 0.6 is 0 Å². The molecule has 2 aliphatic rings. The summed E-state index contributed by atoms with van der Waals surface area (Å²) in [5.41, 5.74) is 3.27. The van der Waals surface area contributed by atoms with Crippen molar-refractivity contribution in [3.8, 4) is 17.2 Å². The third-order valence-electron chi connectivity index (χ3n) is 7.41. The number of hydrogen-bond acceptors (Lipinski definition) is 6. The van der Waals surface area contributed by atoms with Crippen LogP contribution < -0.4 is 11.3 Å². The van der Waals surface area contributed by atoms with E-state index in [0.29, 0.717) is 11.3 Å². The van der Waals surface area contributed by atoms with Crippen molar-refractivity contribution in [3.05, 3.63) is 59.4 Å². The fourth-order valence-corrected chi connectivity index (χ4v) is 5.51. The van der Waals surface area contributed by atoms with Gasteiger partial charge in [0.15, 0.2) is 5.41 Å². The molecule has 35 heavy (non-hydrogen) atoms. The van der Waals surface area contributed by atoms with Gasteiger partial charge in [-0.2, -0.15) is 5.26 Å². The maximum absolute atomic E-state index is 15.1. The predicted octanol–water partition coefficient (Wildman–Crippen LogP) is 3.77. The number of aryl methyl sites for hydroxylation is 1. The molecule has 1 saturated heterocycles. The summed E-state index contributed by atoms with van der Waals surface area (Å²) in [4.78, 5) is 29.7. The molecule has 5 atom stereocenters. The number of nitrogens with zero attached hydrogens (tertiary/aromatic N) is 2. The monoisotopic (exact) mass is 480 g/mol. The number of ether oxygens (including phenoxy) is 1. The Bertz CT molecular complexity index is 1230. The summed E-state index contributed by atoms with van der Waals surface area (Å²) < 4.78 is 35.5. The number of rotatable bonds is 4. The lowest BCUT2D eigenvalue weighted by atomic mass is 9.56. The smallest absolute Gasteiger partial charge is 0.322 e. The molecule has 1 aromatic heterocycles. The van der Waals surface area contributed by atoms with E-state index < -0.39 is 53.5 Å². The molecule has 1 aliphatic carbocycles. The molecule has 1 amide bonds. The number of nitriles is 1. The van der Waals surface area contributed by atoms with Gasteiger partial charge in [-0.05, 0) is 37.5 Å². The Hall–Kier alpha value is -3.64. The molecular weight excluding hydrogens is 454 g/mol. The third-order valence-corrected chi connectivity index (χ3v) is 7.41. The largest absolute Gasteiger partial charge is 0.461 e. The maximum atomic E-state index is 15.1. The van der Waals surface area contributed by atoms with Crippen LogP contribution in [0.5, 0.6) is 0 Å². The summed E-state index contributed by atoms with van der Waals surface area (Å²) in [7, 11) is 0. The molecule has 0 radical (unpaired) electrons. The lowest BCUT2D eigenvalue weighted by molar-refractivity contribution is -0.178. The van der Waals surface area contributed by atoms with Crippen molar-refractivity contribution >= 4 is 18.0 Å². The third kappa shape index (κ3) is 3.88. The van der Waals surface area contributed by atoms with E-state index in [1.807, 2.05) is 30.5 Å². The van der Waals surface area contributed by atoms with Crippen LogP contribution in [0, 0.1) is 41.4 Å². The minimum Gasteiger partial charge on any atom is -0.461 e. The van der Waals surface area contributed by atoms with E-state index in [0.717, 1.165) is 16.7 Å². The van der Waals surface area contributed by atoms with Crippen LogP contribution in [0.25, 0.3) is 17.2 Å². The van der Waals surface area contributed by atoms with E-state index in [4.69, 9.17) is 10.6 Å². The Morgan fingerprint density at radius 1 is 1.31 bits per heavy atom. The number of cyclic esters (lactones) is 1. The molecule has 2 heterocycles. The zero-order chi connectivity index (χ0) is 25.5. The van der Waals surface area contributed by atoms with Crippen molar-refractivity contribution in [2.75, 3.05) is 0 Å². The lowest BCUT2D eigenvalue weighted by Gasteiger charge is -2.46. The zero-order valence-corrected chi connectivity index (χ0v) is 19.6. The molecule has 9 heteroatoms. The van der Waals surface area contributed by atoms with Gasteiger partial charge in [0.1, 0.15) is 12.2 Å². The minimum absolute atomic E-state index is 0.507. The van der Waals surface area contributed by atoms with Crippen LogP contribution in [0.1, 0.15) is 37.1 Å². The highest BCUT2D eigenvalue weighted by Crippen LogP contribution is 2.59. The number of carbonyl (C=O) groups is 2. The van der Waals surface area contributed by atoms with Crippen LogP contribution in [0.3, 0.4) is 0 Å². The normalized spacial score (nSPS) is 29.3. The van der Waals surface area contributed by atoms with Gasteiger partial charge in [-0.25, -0.2) is 14.6 Å². The molecular formula is C26H26F2N4O3. The van der Waals surface area contributed by atoms with E-state index >= 15 is 8.78 Å². The van der Waals surface area contributed by atoms with Crippen LogP contribution in [-0.4, -0.2) is 28.9 Å². The number of nitrogens with two attached hydrogens (primary N) is 1. The molecule has 182 valence electrons. The number of amides is 1. The van der Waals surface area contributed by atoms with Crippen molar-refractivity contribution in [1.29, 1.82) is 5.26 Å². The minimum atomic E-state index is -3.29. The van der Waals surface area contributed by atoms with Crippen LogP contribution in [0.2, 0.25) is 0 Å². The quantitative estimate of drug-likeness (QED) is 0.226. The summed E-state index contributed by atoms with van der Waals surface area (Å²) in [6.07, 6.45) is 3.11. The first-order valence-corrected chi connectivity index (χ1v) is 11.3. The Balaban J connectivity index is 1.68. The number of hydrogen-bond donors (Lipinski definition) is 2. The molecule has 0 bridgehead atoms. The number of pyridine rings is 1. The van der Waals surface area contributed by atoms with Gasteiger partial charge in [0.25, 0.3) is 11.8 Å². The van der Waals surface area contributed by atoms with Gasteiger partial charge in [0, 0.05) is 35.6 Å². The van der Waals surface area contributed by atoms with Crippen molar-refractivity contribution in [2.45, 2.75) is 39.2 Å². The molecule has 1 aromatic carbocycles. The van der Waals surface area contributed by atoms with Crippen molar-refractivity contribution in [3.63, 3.8) is 0 Å². The van der Waals surface area contributed by atoms with Crippen molar-refractivity contribution < 1.29 is 23.1 Å². The average molecular weight is 481 g/mol. The number of aromatic nitrogens is 1. The first-order valence-electron chi connectivity index (χ1n) is 11.3. The average Bonchev–Trinajstić information content (AvgIpc) is 3.08. The van der Waals surface area contributed by atoms with Crippen LogP contribution in [0.4, 0.5) is 8.78 Å². The number of carbonyl (C=O) groups excluding carboxylic acids is 2. The Kier molecular flexibility index (Phi) is 6.20. The number of allylic oxidation sites excluding steroid dienone is 1. The Labute approximate surface area is 202 Å². The van der Waals surface area contributed by atoms with Gasteiger partial charge in [-0.1, -0.05) is 37.3 Å². The molecule has 7 nitrogen and oxygen atoms in total. The number of fused-ring (bicyclic) bond motifs is 1. The van der Waals surface area contributed by atoms with E-state index in [-0.39, 0.29) is 0 Å². The number of benzene rings is 1. The first kappa shape index (κ1) is 24.5. The fraction of sp³-hybridized carbons (Fsp3) is 0.385. The second-order valence-electron chi connectivity index (χ2n) is 9.32. The SMILES string of the molecule is Cc1cccc(-c2ccc(C=C[C@@H]3[C@@H]4[C@@H](C)OC(=O)[C@]4(C(=O)NN)CC(F)(F)[C@H]3C)nc2)c1C#N. The van der Waals surface area contributed by atoms with Gasteiger partial charge in [-0.15, -0.1) is 0 Å².